The molecule has 0 unspecified atom stereocenters. The molecule has 0 bridgehead atoms. The number of Topliss-reactive ketones (excluding diaryl/α,β-unsaturated/α-hetero) is 1. The van der Waals surface area contributed by atoms with Crippen LogP contribution < -0.4 is 5.32 Å². The largest absolute Gasteiger partial charge is 0.392 e. The van der Waals surface area contributed by atoms with Crippen molar-refractivity contribution < 1.29 is 37.1 Å². The van der Waals surface area contributed by atoms with Crippen LogP contribution >= 0.6 is 0 Å². The molecule has 1 aliphatic heterocycles. The quantitative estimate of drug-likeness (QED) is 0.400. The zero-order valence-corrected chi connectivity index (χ0v) is 17.3. The molecule has 1 spiro atoms. The van der Waals surface area contributed by atoms with E-state index in [2.05, 4.69) is 5.32 Å². The number of hydrogen-bond acceptors (Lipinski definition) is 4. The first-order chi connectivity index (χ1) is 15.6. The van der Waals surface area contributed by atoms with Gasteiger partial charge < -0.3 is 10.4 Å². The summed E-state index contributed by atoms with van der Waals surface area (Å²) in [5.74, 6) is -6.72. The van der Waals surface area contributed by atoms with E-state index in [1.54, 1.807) is 12.1 Å². The number of halogens is 4. The van der Waals surface area contributed by atoms with E-state index in [0.29, 0.717) is 4.90 Å². The Labute approximate surface area is 186 Å². The van der Waals surface area contributed by atoms with Crippen LogP contribution in [0.1, 0.15) is 41.6 Å². The van der Waals surface area contributed by atoms with Gasteiger partial charge in [-0.15, -0.1) is 0 Å². The molecule has 4 rings (SSSR count). The van der Waals surface area contributed by atoms with E-state index in [0.717, 1.165) is 12.1 Å². The third-order valence-corrected chi connectivity index (χ3v) is 6.20. The van der Waals surface area contributed by atoms with Gasteiger partial charge in [-0.25, -0.2) is 22.4 Å². The van der Waals surface area contributed by atoms with Crippen LogP contribution in [0, 0.1) is 11.6 Å². The number of rotatable bonds is 5. The lowest BCUT2D eigenvalue weighted by Crippen LogP contribution is -2.51. The Kier molecular flexibility index (Phi) is 5.73. The van der Waals surface area contributed by atoms with Gasteiger partial charge in [0.05, 0.1) is 18.7 Å². The first-order valence-electron chi connectivity index (χ1n) is 10.3. The fraction of sp³-hybridized carbons (Fsp3) is 0.348. The van der Waals surface area contributed by atoms with Crippen LogP contribution in [0.15, 0.2) is 36.4 Å². The maximum atomic E-state index is 14.8. The highest BCUT2D eigenvalue weighted by Crippen LogP contribution is 2.41. The molecule has 3 amide bonds. The predicted molar refractivity (Wildman–Crippen MR) is 108 cm³/mol. The second kappa shape index (κ2) is 8.26. The van der Waals surface area contributed by atoms with Gasteiger partial charge in [0, 0.05) is 18.4 Å². The monoisotopic (exact) mass is 464 g/mol. The zero-order valence-electron chi connectivity index (χ0n) is 17.3. The Hall–Kier alpha value is -3.27. The maximum Gasteiger partial charge on any atom is 0.325 e. The molecule has 0 aromatic heterocycles. The van der Waals surface area contributed by atoms with Crippen LogP contribution in [-0.4, -0.2) is 45.7 Å². The molecule has 2 aromatic carbocycles. The van der Waals surface area contributed by atoms with Gasteiger partial charge in [-0.3, -0.25) is 14.5 Å². The lowest BCUT2D eigenvalue weighted by Gasteiger charge is -2.34. The second-order valence-electron chi connectivity index (χ2n) is 8.31. The molecule has 0 atom stereocenters. The van der Waals surface area contributed by atoms with Crippen LogP contribution in [0.25, 0.3) is 11.1 Å². The van der Waals surface area contributed by atoms with Crippen molar-refractivity contribution in [1.29, 1.82) is 0 Å². The number of nitrogens with one attached hydrogen (secondary N) is 1. The van der Waals surface area contributed by atoms with Gasteiger partial charge in [-0.1, -0.05) is 24.3 Å². The van der Waals surface area contributed by atoms with Crippen molar-refractivity contribution in [3.63, 3.8) is 0 Å². The molecule has 2 fully saturated rings. The summed E-state index contributed by atoms with van der Waals surface area (Å²) in [7, 11) is 0. The van der Waals surface area contributed by atoms with Crippen molar-refractivity contribution in [2.75, 3.05) is 6.54 Å². The predicted octanol–water partition coefficient (Wildman–Crippen LogP) is 3.81. The first kappa shape index (κ1) is 22.9. The SMILES string of the molecule is O=C(CN1C(=O)NC2(CCC(F)(F)CC2)C1=O)c1cc(F)c(-c2ccccc2CO)c(F)c1. The Bertz CT molecular complexity index is 1120. The minimum atomic E-state index is -2.93. The fourth-order valence-corrected chi connectivity index (χ4v) is 4.33. The number of carbonyl (C=O) groups excluding carboxylic acids is 3. The Morgan fingerprint density at radius 1 is 1.03 bits per heavy atom. The van der Waals surface area contributed by atoms with E-state index in [1.165, 1.54) is 12.1 Å². The summed E-state index contributed by atoms with van der Waals surface area (Å²) in [6.07, 6.45) is -1.68. The Morgan fingerprint density at radius 3 is 2.24 bits per heavy atom. The van der Waals surface area contributed by atoms with Gasteiger partial charge in [0.1, 0.15) is 17.2 Å². The normalized spacial score (nSPS) is 19.1. The molecule has 2 aromatic rings. The van der Waals surface area contributed by atoms with Crippen LogP contribution in [0.5, 0.6) is 0 Å². The number of alkyl halides is 2. The lowest BCUT2D eigenvalue weighted by molar-refractivity contribution is -0.135. The third kappa shape index (κ3) is 4.10. The maximum absolute atomic E-state index is 14.8. The van der Waals surface area contributed by atoms with Crippen molar-refractivity contribution >= 4 is 17.7 Å². The van der Waals surface area contributed by atoms with Crippen molar-refractivity contribution in [3.05, 3.63) is 59.2 Å². The smallest absolute Gasteiger partial charge is 0.325 e. The molecular weight excluding hydrogens is 444 g/mol. The number of aliphatic hydroxyl groups is 1. The number of amides is 3. The second-order valence-corrected chi connectivity index (χ2v) is 8.31. The number of imide groups is 1. The van der Waals surface area contributed by atoms with Crippen molar-refractivity contribution in [3.8, 4) is 11.1 Å². The molecule has 0 radical (unpaired) electrons. The molecular formula is C23H20F4N2O4. The van der Waals surface area contributed by atoms with Crippen LogP contribution in [0.4, 0.5) is 22.4 Å². The Morgan fingerprint density at radius 2 is 1.64 bits per heavy atom. The fourth-order valence-electron chi connectivity index (χ4n) is 4.33. The number of hydrogen-bond donors (Lipinski definition) is 2. The zero-order chi connectivity index (χ0) is 24.0. The number of ketones is 1. The molecule has 1 heterocycles. The summed E-state index contributed by atoms with van der Waals surface area (Å²) in [5.41, 5.74) is -1.90. The van der Waals surface area contributed by atoms with Crippen LogP contribution in [0.3, 0.4) is 0 Å². The minimum absolute atomic E-state index is 0.124. The van der Waals surface area contributed by atoms with E-state index in [-0.39, 0.29) is 24.0 Å². The van der Waals surface area contributed by atoms with E-state index in [9.17, 15) is 37.1 Å². The van der Waals surface area contributed by atoms with E-state index < -0.39 is 77.9 Å². The summed E-state index contributed by atoms with van der Waals surface area (Å²) >= 11 is 0. The number of urea groups is 1. The number of benzene rings is 2. The highest BCUT2D eigenvalue weighted by Gasteiger charge is 2.55. The van der Waals surface area contributed by atoms with Crippen LogP contribution in [-0.2, 0) is 11.4 Å². The lowest BCUT2D eigenvalue weighted by atomic mass is 9.80. The standard InChI is InChI=1S/C23H20F4N2O4/c24-16-9-14(10-17(25)19(16)15-4-2-1-3-13(15)12-30)18(31)11-29-20(32)22(28-21(29)33)5-7-23(26,27)8-6-22/h1-4,9-10,30H,5-8,11-12H2,(H,28,33). The molecule has 1 saturated heterocycles. The van der Waals surface area contributed by atoms with Crippen LogP contribution in [0.2, 0.25) is 0 Å². The first-order valence-corrected chi connectivity index (χ1v) is 10.3. The van der Waals surface area contributed by atoms with Crippen molar-refractivity contribution in [2.45, 2.75) is 43.8 Å². The minimum Gasteiger partial charge on any atom is -0.392 e. The van der Waals surface area contributed by atoms with Gasteiger partial charge in [0.25, 0.3) is 5.91 Å². The molecule has 10 heteroatoms. The number of aliphatic hydroxyl groups excluding tert-OH is 1. The van der Waals surface area contributed by atoms with E-state index in [1.807, 2.05) is 0 Å². The van der Waals surface area contributed by atoms with Gasteiger partial charge in [0.15, 0.2) is 5.78 Å². The van der Waals surface area contributed by atoms with Crippen molar-refractivity contribution in [2.24, 2.45) is 0 Å². The highest BCUT2D eigenvalue weighted by molar-refractivity contribution is 6.11. The van der Waals surface area contributed by atoms with Gasteiger partial charge in [-0.2, -0.15) is 0 Å². The summed E-state index contributed by atoms with van der Waals surface area (Å²) in [5, 5.41) is 11.8. The summed E-state index contributed by atoms with van der Waals surface area (Å²) in [4.78, 5) is 38.4. The summed E-state index contributed by atoms with van der Waals surface area (Å²) in [6.45, 7) is -1.23. The summed E-state index contributed by atoms with van der Waals surface area (Å²) in [6, 6.07) is 6.75. The average Bonchev–Trinajstić information content (AvgIpc) is 3.00. The average molecular weight is 464 g/mol. The number of nitrogens with zero attached hydrogens (tertiary/aromatic N) is 1. The summed E-state index contributed by atoms with van der Waals surface area (Å²) < 4.78 is 56.6. The molecule has 2 aliphatic rings. The molecule has 174 valence electrons. The van der Waals surface area contributed by atoms with E-state index >= 15 is 0 Å². The van der Waals surface area contributed by atoms with Crippen molar-refractivity contribution in [1.82, 2.24) is 10.2 Å². The molecule has 1 aliphatic carbocycles. The Balaban J connectivity index is 1.56. The molecule has 6 nitrogen and oxygen atoms in total. The highest BCUT2D eigenvalue weighted by atomic mass is 19.3. The van der Waals surface area contributed by atoms with Gasteiger partial charge >= 0.3 is 6.03 Å². The van der Waals surface area contributed by atoms with E-state index in [4.69, 9.17) is 0 Å². The van der Waals surface area contributed by atoms with Gasteiger partial charge in [0.2, 0.25) is 5.92 Å². The topological polar surface area (TPSA) is 86.7 Å². The number of carbonyl (C=O) groups is 3. The molecule has 33 heavy (non-hydrogen) atoms. The van der Waals surface area contributed by atoms with Gasteiger partial charge in [-0.05, 0) is 36.1 Å². The third-order valence-electron chi connectivity index (χ3n) is 6.20. The molecule has 1 saturated carbocycles. The molecule has 2 N–H and O–H groups in total.